The number of carbonyl (C=O) groups is 1. The van der Waals surface area contributed by atoms with Gasteiger partial charge in [-0.15, -0.1) is 0 Å². The summed E-state index contributed by atoms with van der Waals surface area (Å²) >= 11 is 0. The molecule has 0 aliphatic carbocycles. The molecule has 1 N–H and O–H groups in total. The van der Waals surface area contributed by atoms with Crippen LogP contribution in [0.1, 0.15) is 35.7 Å². The van der Waals surface area contributed by atoms with Gasteiger partial charge in [0.05, 0.1) is 4.90 Å². The van der Waals surface area contributed by atoms with E-state index < -0.39 is 10.0 Å². The standard InChI is InChI=1S/C21H27N3O3S/c1-16(2)17-4-8-19(9-5-17)22-21(25)18-6-10-20(11-7-18)28(26,27)24-14-12-23(3)13-15-24/h4-11,16H,12-15H2,1-3H3,(H,22,25). The van der Waals surface area contributed by atoms with Crippen molar-refractivity contribution < 1.29 is 13.2 Å². The van der Waals surface area contributed by atoms with Crippen molar-refractivity contribution in [2.24, 2.45) is 0 Å². The molecule has 6 nitrogen and oxygen atoms in total. The van der Waals surface area contributed by atoms with Gasteiger partial charge in [-0.1, -0.05) is 26.0 Å². The molecule has 1 heterocycles. The minimum atomic E-state index is -3.52. The number of likely N-dealkylation sites (N-methyl/N-ethyl adjacent to an activating group) is 1. The van der Waals surface area contributed by atoms with Crippen molar-refractivity contribution in [1.82, 2.24) is 9.21 Å². The molecule has 1 aliphatic heterocycles. The third-order valence-electron chi connectivity index (χ3n) is 5.05. The number of rotatable bonds is 5. The molecule has 0 atom stereocenters. The molecule has 0 unspecified atom stereocenters. The number of nitrogens with one attached hydrogen (secondary N) is 1. The molecule has 1 saturated heterocycles. The Kier molecular flexibility index (Phi) is 6.17. The zero-order valence-electron chi connectivity index (χ0n) is 16.6. The van der Waals surface area contributed by atoms with Crippen LogP contribution in [0, 0.1) is 0 Å². The van der Waals surface area contributed by atoms with Crippen molar-refractivity contribution in [3.63, 3.8) is 0 Å². The summed E-state index contributed by atoms with van der Waals surface area (Å²) in [4.78, 5) is 14.8. The molecule has 7 heteroatoms. The highest BCUT2D eigenvalue weighted by atomic mass is 32.2. The number of hydrogen-bond donors (Lipinski definition) is 1. The first-order valence-electron chi connectivity index (χ1n) is 9.47. The predicted molar refractivity (Wildman–Crippen MR) is 111 cm³/mol. The fraction of sp³-hybridized carbons (Fsp3) is 0.381. The monoisotopic (exact) mass is 401 g/mol. The third-order valence-corrected chi connectivity index (χ3v) is 6.96. The molecule has 1 fully saturated rings. The van der Waals surface area contributed by atoms with E-state index in [4.69, 9.17) is 0 Å². The van der Waals surface area contributed by atoms with Gasteiger partial charge < -0.3 is 10.2 Å². The molecule has 3 rings (SSSR count). The number of hydrogen-bond acceptors (Lipinski definition) is 4. The minimum absolute atomic E-state index is 0.217. The lowest BCUT2D eigenvalue weighted by molar-refractivity contribution is 0.102. The molecule has 28 heavy (non-hydrogen) atoms. The van der Waals surface area contributed by atoms with E-state index in [-0.39, 0.29) is 10.8 Å². The molecule has 2 aromatic rings. The maximum atomic E-state index is 12.8. The molecule has 0 bridgehead atoms. The molecule has 1 amide bonds. The molecular weight excluding hydrogens is 374 g/mol. The number of nitrogens with zero attached hydrogens (tertiary/aromatic N) is 2. The first-order valence-corrected chi connectivity index (χ1v) is 10.9. The number of benzene rings is 2. The summed E-state index contributed by atoms with van der Waals surface area (Å²) in [5.41, 5.74) is 2.34. The highest BCUT2D eigenvalue weighted by molar-refractivity contribution is 7.89. The van der Waals surface area contributed by atoms with Gasteiger partial charge in [0.15, 0.2) is 0 Å². The van der Waals surface area contributed by atoms with Crippen molar-refractivity contribution in [2.45, 2.75) is 24.7 Å². The highest BCUT2D eigenvalue weighted by Gasteiger charge is 2.27. The molecule has 0 spiro atoms. The lowest BCUT2D eigenvalue weighted by Gasteiger charge is -2.31. The second-order valence-corrected chi connectivity index (χ2v) is 9.40. The normalized spacial score (nSPS) is 16.3. The number of sulfonamides is 1. The maximum Gasteiger partial charge on any atom is 0.255 e. The second-order valence-electron chi connectivity index (χ2n) is 7.46. The lowest BCUT2D eigenvalue weighted by Crippen LogP contribution is -2.47. The van der Waals surface area contributed by atoms with Gasteiger partial charge in [-0.25, -0.2) is 8.42 Å². The number of anilines is 1. The first-order chi connectivity index (χ1) is 13.3. The van der Waals surface area contributed by atoms with Crippen molar-refractivity contribution in [1.29, 1.82) is 0 Å². The van der Waals surface area contributed by atoms with Crippen molar-refractivity contribution >= 4 is 21.6 Å². The predicted octanol–water partition coefficient (Wildman–Crippen LogP) is 3.00. The van der Waals surface area contributed by atoms with Crippen LogP contribution in [0.5, 0.6) is 0 Å². The molecule has 2 aromatic carbocycles. The summed E-state index contributed by atoms with van der Waals surface area (Å²) in [7, 11) is -1.54. The zero-order chi connectivity index (χ0) is 20.3. The number of piperazine rings is 1. The average molecular weight is 402 g/mol. The fourth-order valence-corrected chi connectivity index (χ4v) is 4.53. The van der Waals surface area contributed by atoms with E-state index in [1.807, 2.05) is 31.3 Å². The Bertz CT molecular complexity index is 914. The average Bonchev–Trinajstić information content (AvgIpc) is 2.69. The van der Waals surface area contributed by atoms with Crippen molar-refractivity contribution in [3.8, 4) is 0 Å². The quantitative estimate of drug-likeness (QED) is 0.836. The van der Waals surface area contributed by atoms with Gasteiger partial charge in [0.1, 0.15) is 0 Å². The van der Waals surface area contributed by atoms with Crippen LogP contribution < -0.4 is 5.32 Å². The SMILES string of the molecule is CC(C)c1ccc(NC(=O)c2ccc(S(=O)(=O)N3CCN(C)CC3)cc2)cc1. The Morgan fingerprint density at radius 3 is 2.04 bits per heavy atom. The van der Waals surface area contributed by atoms with E-state index in [1.165, 1.54) is 22.0 Å². The van der Waals surface area contributed by atoms with Crippen LogP contribution in [-0.4, -0.2) is 56.8 Å². The van der Waals surface area contributed by atoms with Crippen LogP contribution in [0.2, 0.25) is 0 Å². The van der Waals surface area contributed by atoms with Crippen LogP contribution in [0.15, 0.2) is 53.4 Å². The molecule has 150 valence electrons. The Hall–Kier alpha value is -2.22. The van der Waals surface area contributed by atoms with Crippen molar-refractivity contribution in [2.75, 3.05) is 38.5 Å². The Balaban J connectivity index is 1.68. The molecule has 0 radical (unpaired) electrons. The van der Waals surface area contributed by atoms with Crippen LogP contribution in [0.3, 0.4) is 0 Å². The Morgan fingerprint density at radius 1 is 0.929 bits per heavy atom. The van der Waals surface area contributed by atoms with Gasteiger partial charge in [-0.05, 0) is 54.9 Å². The van der Waals surface area contributed by atoms with Gasteiger partial charge in [0, 0.05) is 37.4 Å². The van der Waals surface area contributed by atoms with Crippen LogP contribution >= 0.6 is 0 Å². The second kappa shape index (κ2) is 8.43. The molecule has 1 aliphatic rings. The fourth-order valence-electron chi connectivity index (χ4n) is 3.11. The number of carbonyl (C=O) groups excluding carboxylic acids is 1. The van der Waals surface area contributed by atoms with E-state index in [2.05, 4.69) is 24.1 Å². The van der Waals surface area contributed by atoms with E-state index in [9.17, 15) is 13.2 Å². The summed E-state index contributed by atoms with van der Waals surface area (Å²) in [5.74, 6) is 0.167. The van der Waals surface area contributed by atoms with Gasteiger partial charge >= 0.3 is 0 Å². The Labute approximate surface area is 167 Å². The summed E-state index contributed by atoms with van der Waals surface area (Å²) < 4.78 is 27.0. The van der Waals surface area contributed by atoms with Crippen molar-refractivity contribution in [3.05, 3.63) is 59.7 Å². The summed E-state index contributed by atoms with van der Waals surface area (Å²) in [6, 6.07) is 13.9. The molecule has 0 aromatic heterocycles. The summed E-state index contributed by atoms with van der Waals surface area (Å²) in [6.45, 7) is 6.63. The van der Waals surface area contributed by atoms with E-state index in [0.717, 1.165) is 13.1 Å². The van der Waals surface area contributed by atoms with Crippen LogP contribution in [0.25, 0.3) is 0 Å². The molecule has 0 saturated carbocycles. The smallest absolute Gasteiger partial charge is 0.255 e. The highest BCUT2D eigenvalue weighted by Crippen LogP contribution is 2.20. The van der Waals surface area contributed by atoms with Gasteiger partial charge in [-0.3, -0.25) is 4.79 Å². The van der Waals surface area contributed by atoms with E-state index in [0.29, 0.717) is 30.3 Å². The number of amides is 1. The van der Waals surface area contributed by atoms with Crippen LogP contribution in [-0.2, 0) is 10.0 Å². The Morgan fingerprint density at radius 2 is 1.50 bits per heavy atom. The largest absolute Gasteiger partial charge is 0.322 e. The minimum Gasteiger partial charge on any atom is -0.322 e. The topological polar surface area (TPSA) is 69.7 Å². The first kappa shape index (κ1) is 20.5. The van der Waals surface area contributed by atoms with Gasteiger partial charge in [0.25, 0.3) is 5.91 Å². The maximum absolute atomic E-state index is 12.8. The van der Waals surface area contributed by atoms with Crippen LogP contribution in [0.4, 0.5) is 5.69 Å². The lowest BCUT2D eigenvalue weighted by atomic mass is 10.0. The summed E-state index contributed by atoms with van der Waals surface area (Å²) in [5, 5.41) is 2.85. The van der Waals surface area contributed by atoms with E-state index >= 15 is 0 Å². The van der Waals surface area contributed by atoms with E-state index in [1.54, 1.807) is 12.1 Å². The molecular formula is C21H27N3O3S. The third kappa shape index (κ3) is 4.60. The summed E-state index contributed by atoms with van der Waals surface area (Å²) in [6.07, 6.45) is 0. The van der Waals surface area contributed by atoms with Gasteiger partial charge in [-0.2, -0.15) is 4.31 Å². The zero-order valence-corrected chi connectivity index (χ0v) is 17.4. The van der Waals surface area contributed by atoms with Gasteiger partial charge in [0.2, 0.25) is 10.0 Å².